The quantitative estimate of drug-likeness (QED) is 0.841. The molecule has 2 aromatic rings. The molecular weight excluding hydrogens is 298 g/mol. The Balaban J connectivity index is 2.45. The summed E-state index contributed by atoms with van der Waals surface area (Å²) in [7, 11) is 0. The van der Waals surface area contributed by atoms with E-state index in [0.717, 1.165) is 5.56 Å². The van der Waals surface area contributed by atoms with Crippen molar-refractivity contribution in [3.8, 4) is 0 Å². The highest BCUT2D eigenvalue weighted by Gasteiger charge is 2.30. The van der Waals surface area contributed by atoms with Crippen molar-refractivity contribution < 1.29 is 4.79 Å². The summed E-state index contributed by atoms with van der Waals surface area (Å²) in [6, 6.07) is 7.24. The predicted molar refractivity (Wildman–Crippen MR) is 88.9 cm³/mol. The van der Waals surface area contributed by atoms with Gasteiger partial charge < -0.3 is 9.47 Å². The minimum atomic E-state index is -0.426. The molecule has 1 unspecified atom stereocenters. The summed E-state index contributed by atoms with van der Waals surface area (Å²) in [5.74, 6) is 0.0605. The van der Waals surface area contributed by atoms with Gasteiger partial charge in [-0.05, 0) is 45.4 Å². The van der Waals surface area contributed by atoms with Gasteiger partial charge in [-0.15, -0.1) is 0 Å². The number of benzene rings is 1. The first-order chi connectivity index (χ1) is 10.4. The van der Waals surface area contributed by atoms with Crippen LogP contribution in [0.2, 0.25) is 5.02 Å². The van der Waals surface area contributed by atoms with Crippen LogP contribution in [0.15, 0.2) is 43.0 Å². The number of halogens is 1. The molecule has 1 aromatic heterocycles. The molecule has 1 amide bonds. The molecule has 4 nitrogen and oxygen atoms in total. The summed E-state index contributed by atoms with van der Waals surface area (Å²) >= 11 is 5.97. The SMILES string of the molecule is CC(C)N(C(=O)C(c1ccc(Cl)cc1)n1ccnc1)C(C)C. The normalized spacial score (nSPS) is 12.7. The number of nitrogens with zero attached hydrogens (tertiary/aromatic N) is 3. The highest BCUT2D eigenvalue weighted by atomic mass is 35.5. The van der Waals surface area contributed by atoms with Gasteiger partial charge in [-0.1, -0.05) is 23.7 Å². The van der Waals surface area contributed by atoms with Gasteiger partial charge >= 0.3 is 0 Å². The Morgan fingerprint density at radius 2 is 1.73 bits per heavy atom. The Kier molecular flexibility index (Phi) is 5.24. The van der Waals surface area contributed by atoms with E-state index in [0.29, 0.717) is 5.02 Å². The Morgan fingerprint density at radius 1 is 1.14 bits per heavy atom. The zero-order chi connectivity index (χ0) is 16.3. The van der Waals surface area contributed by atoms with Crippen LogP contribution in [-0.4, -0.2) is 32.4 Å². The molecule has 0 aliphatic heterocycles. The fourth-order valence-corrected chi connectivity index (χ4v) is 2.88. The van der Waals surface area contributed by atoms with E-state index in [1.165, 1.54) is 0 Å². The molecule has 0 saturated carbocycles. The van der Waals surface area contributed by atoms with Crippen LogP contribution < -0.4 is 0 Å². The van der Waals surface area contributed by atoms with Crippen molar-refractivity contribution in [2.45, 2.75) is 45.8 Å². The summed E-state index contributed by atoms with van der Waals surface area (Å²) in [6.07, 6.45) is 5.18. The molecule has 0 fully saturated rings. The zero-order valence-corrected chi connectivity index (χ0v) is 14.2. The Labute approximate surface area is 136 Å². The topological polar surface area (TPSA) is 38.1 Å². The standard InChI is InChI=1S/C17H22ClN3O/c1-12(2)21(13(3)4)17(22)16(20-10-9-19-11-20)14-5-7-15(18)8-6-14/h5-13,16H,1-4H3. The van der Waals surface area contributed by atoms with E-state index in [1.54, 1.807) is 12.5 Å². The summed E-state index contributed by atoms with van der Waals surface area (Å²) in [4.78, 5) is 19.1. The maximum absolute atomic E-state index is 13.2. The number of hydrogen-bond acceptors (Lipinski definition) is 2. The molecule has 0 aliphatic carbocycles. The van der Waals surface area contributed by atoms with Gasteiger partial charge in [0, 0.05) is 29.5 Å². The fourth-order valence-electron chi connectivity index (χ4n) is 2.76. The van der Waals surface area contributed by atoms with Gasteiger partial charge in [0.2, 0.25) is 0 Å². The van der Waals surface area contributed by atoms with E-state index < -0.39 is 6.04 Å². The number of amides is 1. The molecule has 1 atom stereocenters. The van der Waals surface area contributed by atoms with Gasteiger partial charge in [0.15, 0.2) is 0 Å². The van der Waals surface area contributed by atoms with Crippen molar-refractivity contribution >= 4 is 17.5 Å². The van der Waals surface area contributed by atoms with Crippen molar-refractivity contribution in [1.29, 1.82) is 0 Å². The second kappa shape index (κ2) is 6.97. The molecule has 1 heterocycles. The molecule has 118 valence electrons. The van der Waals surface area contributed by atoms with Gasteiger partial charge in [0.1, 0.15) is 6.04 Å². The number of aromatic nitrogens is 2. The van der Waals surface area contributed by atoms with Gasteiger partial charge in [-0.3, -0.25) is 4.79 Å². The Bertz CT molecular complexity index is 597. The number of imidazole rings is 1. The Hall–Kier alpha value is -1.81. The zero-order valence-electron chi connectivity index (χ0n) is 13.4. The largest absolute Gasteiger partial charge is 0.336 e. The molecule has 0 N–H and O–H groups in total. The molecular formula is C17H22ClN3O. The molecule has 1 aromatic carbocycles. The molecule has 0 saturated heterocycles. The van der Waals surface area contributed by atoms with Crippen LogP contribution in [0.3, 0.4) is 0 Å². The smallest absolute Gasteiger partial charge is 0.250 e. The fraction of sp³-hybridized carbons (Fsp3) is 0.412. The number of hydrogen-bond donors (Lipinski definition) is 0. The van der Waals surface area contributed by atoms with E-state index in [9.17, 15) is 4.79 Å². The second-order valence-electron chi connectivity index (χ2n) is 5.90. The summed E-state index contributed by atoms with van der Waals surface area (Å²) < 4.78 is 1.84. The van der Waals surface area contributed by atoms with Crippen LogP contribution in [-0.2, 0) is 4.79 Å². The highest BCUT2D eigenvalue weighted by Crippen LogP contribution is 2.24. The first-order valence-electron chi connectivity index (χ1n) is 7.47. The van der Waals surface area contributed by atoms with Crippen LogP contribution in [0, 0.1) is 0 Å². The lowest BCUT2D eigenvalue weighted by molar-refractivity contribution is -0.137. The summed E-state index contributed by atoms with van der Waals surface area (Å²) in [5.41, 5.74) is 0.902. The van der Waals surface area contributed by atoms with Gasteiger partial charge in [0.25, 0.3) is 5.91 Å². The van der Waals surface area contributed by atoms with Crippen molar-refractivity contribution in [3.05, 3.63) is 53.6 Å². The lowest BCUT2D eigenvalue weighted by Gasteiger charge is -2.34. The molecule has 2 rings (SSSR count). The van der Waals surface area contributed by atoms with Gasteiger partial charge in [0.05, 0.1) is 6.33 Å². The van der Waals surface area contributed by atoms with Crippen molar-refractivity contribution in [2.24, 2.45) is 0 Å². The van der Waals surface area contributed by atoms with Gasteiger partial charge in [-0.2, -0.15) is 0 Å². The molecule has 0 spiro atoms. The van der Waals surface area contributed by atoms with Crippen molar-refractivity contribution in [3.63, 3.8) is 0 Å². The summed E-state index contributed by atoms with van der Waals surface area (Å²) in [6.45, 7) is 8.13. The third-order valence-electron chi connectivity index (χ3n) is 3.61. The first kappa shape index (κ1) is 16.6. The molecule has 5 heteroatoms. The number of rotatable bonds is 5. The van der Waals surface area contributed by atoms with E-state index in [1.807, 2.05) is 67.6 Å². The Morgan fingerprint density at radius 3 is 2.18 bits per heavy atom. The third kappa shape index (κ3) is 3.50. The van der Waals surface area contributed by atoms with E-state index >= 15 is 0 Å². The molecule has 0 radical (unpaired) electrons. The number of carbonyl (C=O) groups excluding carboxylic acids is 1. The average Bonchev–Trinajstić information content (AvgIpc) is 2.94. The van der Waals surface area contributed by atoms with E-state index in [2.05, 4.69) is 4.98 Å². The molecule has 0 bridgehead atoms. The molecule has 0 aliphatic rings. The first-order valence-corrected chi connectivity index (χ1v) is 7.84. The van der Waals surface area contributed by atoms with Crippen LogP contribution in [0.4, 0.5) is 0 Å². The lowest BCUT2D eigenvalue weighted by Crippen LogP contribution is -2.45. The third-order valence-corrected chi connectivity index (χ3v) is 3.86. The van der Waals surface area contributed by atoms with Crippen molar-refractivity contribution in [2.75, 3.05) is 0 Å². The van der Waals surface area contributed by atoms with Crippen molar-refractivity contribution in [1.82, 2.24) is 14.5 Å². The highest BCUT2D eigenvalue weighted by molar-refractivity contribution is 6.30. The lowest BCUT2D eigenvalue weighted by atomic mass is 10.0. The molecule has 22 heavy (non-hydrogen) atoms. The van der Waals surface area contributed by atoms with Crippen LogP contribution >= 0.6 is 11.6 Å². The second-order valence-corrected chi connectivity index (χ2v) is 6.33. The number of carbonyl (C=O) groups is 1. The average molecular weight is 320 g/mol. The maximum Gasteiger partial charge on any atom is 0.250 e. The van der Waals surface area contributed by atoms with E-state index in [-0.39, 0.29) is 18.0 Å². The minimum absolute atomic E-state index is 0.0605. The predicted octanol–water partition coefficient (Wildman–Crippen LogP) is 3.77. The van der Waals surface area contributed by atoms with E-state index in [4.69, 9.17) is 11.6 Å². The van der Waals surface area contributed by atoms with Gasteiger partial charge in [-0.25, -0.2) is 4.98 Å². The summed E-state index contributed by atoms with van der Waals surface area (Å²) in [5, 5.41) is 0.658. The van der Waals surface area contributed by atoms with Crippen LogP contribution in [0.25, 0.3) is 0 Å². The monoisotopic (exact) mass is 319 g/mol. The minimum Gasteiger partial charge on any atom is -0.336 e. The van der Waals surface area contributed by atoms with Crippen LogP contribution in [0.1, 0.15) is 39.3 Å². The van der Waals surface area contributed by atoms with Crippen LogP contribution in [0.5, 0.6) is 0 Å². The maximum atomic E-state index is 13.2.